The van der Waals surface area contributed by atoms with Gasteiger partial charge in [0, 0.05) is 49.7 Å². The SMILES string of the molecule is CNC(=O)CC1(n2cc(-c3ccnc4[nH]ccc34)cn2)CN(S(C)(=O)=O)C1. The van der Waals surface area contributed by atoms with Crippen LogP contribution in [0.5, 0.6) is 0 Å². The lowest BCUT2D eigenvalue weighted by atomic mass is 9.88. The molecule has 142 valence electrons. The molecule has 0 saturated carbocycles. The minimum absolute atomic E-state index is 0.155. The molecule has 2 N–H and O–H groups in total. The summed E-state index contributed by atoms with van der Waals surface area (Å²) in [6.45, 7) is 0.437. The molecule has 1 amide bonds. The van der Waals surface area contributed by atoms with E-state index >= 15 is 0 Å². The number of sulfonamides is 1. The number of nitrogens with zero attached hydrogens (tertiary/aromatic N) is 4. The van der Waals surface area contributed by atoms with E-state index in [4.69, 9.17) is 0 Å². The van der Waals surface area contributed by atoms with E-state index in [0.29, 0.717) is 0 Å². The minimum Gasteiger partial charge on any atom is -0.359 e. The molecule has 3 aromatic rings. The van der Waals surface area contributed by atoms with Gasteiger partial charge in [0.2, 0.25) is 15.9 Å². The van der Waals surface area contributed by atoms with Gasteiger partial charge in [0.05, 0.1) is 24.4 Å². The van der Waals surface area contributed by atoms with Crippen LogP contribution in [0.15, 0.2) is 36.9 Å². The Kier molecular flexibility index (Phi) is 4.04. The molecule has 0 spiro atoms. The van der Waals surface area contributed by atoms with Crippen LogP contribution in [0, 0.1) is 0 Å². The van der Waals surface area contributed by atoms with Gasteiger partial charge < -0.3 is 10.3 Å². The Bertz CT molecular complexity index is 1110. The summed E-state index contributed by atoms with van der Waals surface area (Å²) in [5.41, 5.74) is 1.95. The average Bonchev–Trinajstić information content (AvgIpc) is 3.25. The highest BCUT2D eigenvalue weighted by molar-refractivity contribution is 7.88. The largest absolute Gasteiger partial charge is 0.359 e. The topological polar surface area (TPSA) is 113 Å². The maximum absolute atomic E-state index is 12.0. The summed E-state index contributed by atoms with van der Waals surface area (Å²) >= 11 is 0. The molecule has 0 aliphatic carbocycles. The number of carbonyl (C=O) groups excluding carboxylic acids is 1. The van der Waals surface area contributed by atoms with Crippen LogP contribution < -0.4 is 5.32 Å². The van der Waals surface area contributed by atoms with Gasteiger partial charge in [0.25, 0.3) is 0 Å². The van der Waals surface area contributed by atoms with Crippen LogP contribution in [0.4, 0.5) is 0 Å². The lowest BCUT2D eigenvalue weighted by molar-refractivity contribution is -0.124. The molecule has 9 nitrogen and oxygen atoms in total. The van der Waals surface area contributed by atoms with Gasteiger partial charge in [0.15, 0.2) is 0 Å². The van der Waals surface area contributed by atoms with Crippen LogP contribution in [-0.2, 0) is 20.4 Å². The normalized spacial score (nSPS) is 17.0. The van der Waals surface area contributed by atoms with Crippen molar-refractivity contribution in [1.82, 2.24) is 29.4 Å². The summed E-state index contributed by atoms with van der Waals surface area (Å²) in [4.78, 5) is 19.4. The highest BCUT2D eigenvalue weighted by Gasteiger charge is 2.50. The van der Waals surface area contributed by atoms with Crippen molar-refractivity contribution in [3.63, 3.8) is 0 Å². The van der Waals surface area contributed by atoms with Gasteiger partial charge in [-0.25, -0.2) is 13.4 Å². The lowest BCUT2D eigenvalue weighted by Crippen LogP contribution is -2.65. The third-order valence-corrected chi connectivity index (χ3v) is 6.21. The fraction of sp³-hybridized carbons (Fsp3) is 0.353. The van der Waals surface area contributed by atoms with Gasteiger partial charge in [-0.15, -0.1) is 0 Å². The number of hydrogen-bond acceptors (Lipinski definition) is 5. The monoisotopic (exact) mass is 388 g/mol. The van der Waals surface area contributed by atoms with E-state index in [1.807, 2.05) is 24.5 Å². The summed E-state index contributed by atoms with van der Waals surface area (Å²) in [7, 11) is -1.74. The highest BCUT2D eigenvalue weighted by Crippen LogP contribution is 2.36. The Morgan fingerprint density at radius 2 is 2.15 bits per heavy atom. The molecule has 10 heteroatoms. The van der Waals surface area contributed by atoms with Crippen molar-refractivity contribution in [2.45, 2.75) is 12.0 Å². The molecule has 0 aromatic carbocycles. The third-order valence-electron chi connectivity index (χ3n) is 5.02. The van der Waals surface area contributed by atoms with Crippen LogP contribution in [0.3, 0.4) is 0 Å². The molecule has 3 aromatic heterocycles. The average molecular weight is 388 g/mol. The Morgan fingerprint density at radius 3 is 2.85 bits per heavy atom. The van der Waals surface area contributed by atoms with Crippen LogP contribution in [0.25, 0.3) is 22.2 Å². The summed E-state index contributed by atoms with van der Waals surface area (Å²) in [5.74, 6) is -0.155. The maximum Gasteiger partial charge on any atom is 0.222 e. The second kappa shape index (κ2) is 6.17. The number of carbonyl (C=O) groups is 1. The number of aromatic nitrogens is 4. The molecule has 1 saturated heterocycles. The van der Waals surface area contributed by atoms with Crippen molar-refractivity contribution in [1.29, 1.82) is 0 Å². The molecular formula is C17H20N6O3S. The van der Waals surface area contributed by atoms with E-state index in [1.165, 1.54) is 10.6 Å². The van der Waals surface area contributed by atoms with Gasteiger partial charge in [-0.3, -0.25) is 9.48 Å². The second-order valence-electron chi connectivity index (χ2n) is 6.88. The van der Waals surface area contributed by atoms with Crippen molar-refractivity contribution in [2.75, 3.05) is 26.4 Å². The van der Waals surface area contributed by atoms with Crippen molar-refractivity contribution < 1.29 is 13.2 Å². The Hall–Kier alpha value is -2.72. The Morgan fingerprint density at radius 1 is 1.37 bits per heavy atom. The van der Waals surface area contributed by atoms with Gasteiger partial charge in [0.1, 0.15) is 5.65 Å². The zero-order valence-corrected chi connectivity index (χ0v) is 15.8. The molecule has 27 heavy (non-hydrogen) atoms. The number of aromatic amines is 1. The van der Waals surface area contributed by atoms with Crippen LogP contribution in [-0.4, -0.2) is 64.8 Å². The van der Waals surface area contributed by atoms with E-state index in [2.05, 4.69) is 20.4 Å². The fourth-order valence-electron chi connectivity index (χ4n) is 3.50. The predicted molar refractivity (Wildman–Crippen MR) is 100 cm³/mol. The molecule has 0 radical (unpaired) electrons. The zero-order chi connectivity index (χ0) is 19.2. The van der Waals surface area contributed by atoms with Gasteiger partial charge in [-0.05, 0) is 17.7 Å². The first kappa shape index (κ1) is 17.7. The first-order valence-corrected chi connectivity index (χ1v) is 10.3. The van der Waals surface area contributed by atoms with Crippen LogP contribution >= 0.6 is 0 Å². The fourth-order valence-corrected chi connectivity index (χ4v) is 4.45. The van der Waals surface area contributed by atoms with Crippen molar-refractivity contribution in [2.24, 2.45) is 0 Å². The van der Waals surface area contributed by atoms with Gasteiger partial charge in [-0.1, -0.05) is 0 Å². The number of pyridine rings is 1. The van der Waals surface area contributed by atoms with Crippen molar-refractivity contribution in [3.05, 3.63) is 36.9 Å². The van der Waals surface area contributed by atoms with E-state index in [9.17, 15) is 13.2 Å². The van der Waals surface area contributed by atoms with E-state index in [-0.39, 0.29) is 25.4 Å². The standard InChI is InChI=1S/C17H20N6O3S/c1-18-15(24)7-17(10-22(11-17)27(2,25)26)23-9-12(8-21-23)13-3-5-19-16-14(13)4-6-20-16/h3-6,8-9H,7,10-11H2,1-2H3,(H,18,24)(H,19,20). The smallest absolute Gasteiger partial charge is 0.222 e. The number of fused-ring (bicyclic) bond motifs is 1. The van der Waals surface area contributed by atoms with Crippen LogP contribution in [0.1, 0.15) is 6.42 Å². The molecular weight excluding hydrogens is 368 g/mol. The summed E-state index contributed by atoms with van der Waals surface area (Å²) in [6.07, 6.45) is 8.48. The maximum atomic E-state index is 12.0. The Labute approximate surface area is 156 Å². The number of amides is 1. The first-order valence-electron chi connectivity index (χ1n) is 8.46. The lowest BCUT2D eigenvalue weighted by Gasteiger charge is -2.48. The summed E-state index contributed by atoms with van der Waals surface area (Å²) in [6, 6.07) is 3.86. The van der Waals surface area contributed by atoms with Crippen molar-refractivity contribution >= 4 is 27.0 Å². The third kappa shape index (κ3) is 3.00. The first-order chi connectivity index (χ1) is 12.8. The summed E-state index contributed by atoms with van der Waals surface area (Å²) in [5, 5.41) is 8.05. The molecule has 1 aliphatic rings. The molecule has 0 bridgehead atoms. The molecule has 0 atom stereocenters. The number of hydrogen-bond donors (Lipinski definition) is 2. The Balaban J connectivity index is 1.71. The van der Waals surface area contributed by atoms with E-state index < -0.39 is 15.6 Å². The number of nitrogens with one attached hydrogen (secondary N) is 2. The molecule has 1 fully saturated rings. The zero-order valence-electron chi connectivity index (χ0n) is 15.0. The van der Waals surface area contributed by atoms with Crippen molar-refractivity contribution in [3.8, 4) is 11.1 Å². The summed E-state index contributed by atoms with van der Waals surface area (Å²) < 4.78 is 26.7. The highest BCUT2D eigenvalue weighted by atomic mass is 32.2. The van der Waals surface area contributed by atoms with E-state index in [0.717, 1.165) is 22.2 Å². The second-order valence-corrected chi connectivity index (χ2v) is 8.86. The molecule has 4 rings (SSSR count). The number of rotatable bonds is 5. The predicted octanol–water partition coefficient (Wildman–Crippen LogP) is 0.533. The van der Waals surface area contributed by atoms with Gasteiger partial charge in [-0.2, -0.15) is 9.40 Å². The number of H-pyrrole nitrogens is 1. The van der Waals surface area contributed by atoms with Crippen LogP contribution in [0.2, 0.25) is 0 Å². The van der Waals surface area contributed by atoms with E-state index in [1.54, 1.807) is 24.1 Å². The minimum atomic E-state index is -3.31. The van der Waals surface area contributed by atoms with Gasteiger partial charge >= 0.3 is 0 Å². The quantitative estimate of drug-likeness (QED) is 0.662. The molecule has 0 unspecified atom stereocenters. The molecule has 1 aliphatic heterocycles. The molecule has 4 heterocycles.